The van der Waals surface area contributed by atoms with Crippen LogP contribution in [0.5, 0.6) is 0 Å². The third-order valence-electron chi connectivity index (χ3n) is 3.02. The summed E-state index contributed by atoms with van der Waals surface area (Å²) in [5.41, 5.74) is 0. The van der Waals surface area contributed by atoms with Crippen LogP contribution in [0.15, 0.2) is 0 Å². The number of ketones is 2. The van der Waals surface area contributed by atoms with Crippen molar-refractivity contribution >= 4 is 17.7 Å². The molecule has 5 heteroatoms. The number of piperidine rings is 1. The maximum absolute atomic E-state index is 11.7. The SMILES string of the molecule is O=C1CN(C(=O)O)CCC1C(=O)C1CC1. The van der Waals surface area contributed by atoms with Crippen LogP contribution in [-0.2, 0) is 9.59 Å². The minimum absolute atomic E-state index is 0.0324. The summed E-state index contributed by atoms with van der Waals surface area (Å²) in [6.07, 6.45) is 1.07. The Hall–Kier alpha value is -1.39. The summed E-state index contributed by atoms with van der Waals surface area (Å²) in [4.78, 5) is 34.9. The Morgan fingerprint density at radius 2 is 1.93 bits per heavy atom. The molecule has 5 nitrogen and oxygen atoms in total. The lowest BCUT2D eigenvalue weighted by Crippen LogP contribution is -2.46. The predicted molar refractivity (Wildman–Crippen MR) is 50.4 cm³/mol. The molecule has 82 valence electrons. The molecular weight excluding hydrogens is 198 g/mol. The number of carboxylic acid groups (broad SMARTS) is 1. The third-order valence-corrected chi connectivity index (χ3v) is 3.02. The smallest absolute Gasteiger partial charge is 0.407 e. The van der Waals surface area contributed by atoms with Gasteiger partial charge >= 0.3 is 6.09 Å². The molecule has 1 N–H and O–H groups in total. The number of nitrogens with zero attached hydrogens (tertiary/aromatic N) is 1. The van der Waals surface area contributed by atoms with Gasteiger partial charge in [-0.1, -0.05) is 0 Å². The molecule has 1 atom stereocenters. The molecule has 2 fully saturated rings. The summed E-state index contributed by atoms with van der Waals surface area (Å²) in [5, 5.41) is 8.69. The molecule has 1 saturated heterocycles. The minimum atomic E-state index is -1.08. The first kappa shape index (κ1) is 10.1. The first-order valence-electron chi connectivity index (χ1n) is 5.14. The Labute approximate surface area is 87.1 Å². The maximum atomic E-state index is 11.7. The molecule has 1 aliphatic carbocycles. The van der Waals surface area contributed by atoms with Gasteiger partial charge in [0.2, 0.25) is 0 Å². The van der Waals surface area contributed by atoms with Crippen molar-refractivity contribution in [2.24, 2.45) is 11.8 Å². The van der Waals surface area contributed by atoms with Gasteiger partial charge in [-0.2, -0.15) is 0 Å². The van der Waals surface area contributed by atoms with E-state index in [1.807, 2.05) is 0 Å². The number of carbonyl (C=O) groups excluding carboxylic acids is 2. The van der Waals surface area contributed by atoms with Gasteiger partial charge in [0, 0.05) is 12.5 Å². The third kappa shape index (κ3) is 2.00. The standard InChI is InChI=1S/C10H13NO4/c12-8-5-11(10(14)15)4-3-7(8)9(13)6-1-2-6/h6-7H,1-5H2,(H,14,15). The van der Waals surface area contributed by atoms with Crippen LogP contribution in [-0.4, -0.2) is 40.8 Å². The number of hydrogen-bond donors (Lipinski definition) is 1. The topological polar surface area (TPSA) is 74.7 Å². The van der Waals surface area contributed by atoms with Crippen LogP contribution in [0, 0.1) is 11.8 Å². The zero-order valence-corrected chi connectivity index (χ0v) is 8.31. The number of likely N-dealkylation sites (tertiary alicyclic amines) is 1. The monoisotopic (exact) mass is 211 g/mol. The van der Waals surface area contributed by atoms with Gasteiger partial charge in [0.25, 0.3) is 0 Å². The van der Waals surface area contributed by atoms with E-state index in [1.54, 1.807) is 0 Å². The summed E-state index contributed by atoms with van der Waals surface area (Å²) in [7, 11) is 0. The highest BCUT2D eigenvalue weighted by Gasteiger charge is 2.40. The molecule has 1 heterocycles. The van der Waals surface area contributed by atoms with Crippen molar-refractivity contribution in [3.63, 3.8) is 0 Å². The summed E-state index contributed by atoms with van der Waals surface area (Å²) in [6, 6.07) is 0. The summed E-state index contributed by atoms with van der Waals surface area (Å²) >= 11 is 0. The molecule has 2 aliphatic rings. The van der Waals surface area contributed by atoms with Gasteiger partial charge in [0.1, 0.15) is 5.78 Å². The molecule has 0 radical (unpaired) electrons. The molecule has 0 aromatic heterocycles. The Balaban J connectivity index is 1.97. The van der Waals surface area contributed by atoms with Gasteiger partial charge in [-0.05, 0) is 19.3 Å². The second kappa shape index (κ2) is 3.64. The van der Waals surface area contributed by atoms with E-state index < -0.39 is 12.0 Å². The van der Waals surface area contributed by atoms with Gasteiger partial charge in [-0.3, -0.25) is 9.59 Å². The van der Waals surface area contributed by atoms with E-state index in [4.69, 9.17) is 5.11 Å². The molecule has 0 bridgehead atoms. The van der Waals surface area contributed by atoms with Crippen LogP contribution >= 0.6 is 0 Å². The zero-order valence-electron chi connectivity index (χ0n) is 8.31. The molecule has 1 unspecified atom stereocenters. The average molecular weight is 211 g/mol. The van der Waals surface area contributed by atoms with Crippen LogP contribution in [0.3, 0.4) is 0 Å². The Morgan fingerprint density at radius 3 is 2.40 bits per heavy atom. The normalized spacial score (nSPS) is 26.5. The Morgan fingerprint density at radius 1 is 1.27 bits per heavy atom. The van der Waals surface area contributed by atoms with Gasteiger partial charge in [0.05, 0.1) is 12.5 Å². The fourth-order valence-electron chi connectivity index (χ4n) is 1.94. The lowest BCUT2D eigenvalue weighted by Gasteiger charge is -2.27. The predicted octanol–water partition coefficient (Wildman–Crippen LogP) is 0.534. The second-order valence-corrected chi connectivity index (χ2v) is 4.19. The van der Waals surface area contributed by atoms with E-state index in [2.05, 4.69) is 0 Å². The van der Waals surface area contributed by atoms with E-state index in [9.17, 15) is 14.4 Å². The largest absolute Gasteiger partial charge is 0.465 e. The fraction of sp³-hybridized carbons (Fsp3) is 0.700. The summed E-state index contributed by atoms with van der Waals surface area (Å²) in [6.45, 7) is 0.169. The van der Waals surface area contributed by atoms with Crippen molar-refractivity contribution in [2.75, 3.05) is 13.1 Å². The Kier molecular flexibility index (Phi) is 2.46. The van der Waals surface area contributed by atoms with E-state index in [-0.39, 0.29) is 24.0 Å². The van der Waals surface area contributed by atoms with E-state index in [0.717, 1.165) is 17.7 Å². The van der Waals surface area contributed by atoms with Crippen molar-refractivity contribution in [3.8, 4) is 0 Å². The van der Waals surface area contributed by atoms with Crippen LogP contribution in [0.25, 0.3) is 0 Å². The summed E-state index contributed by atoms with van der Waals surface area (Å²) in [5.74, 6) is -0.658. The molecule has 0 aromatic carbocycles. The van der Waals surface area contributed by atoms with Gasteiger partial charge < -0.3 is 10.0 Å². The van der Waals surface area contributed by atoms with E-state index >= 15 is 0 Å². The molecule has 1 aliphatic heterocycles. The number of amides is 1. The lowest BCUT2D eigenvalue weighted by molar-refractivity contribution is -0.136. The summed E-state index contributed by atoms with van der Waals surface area (Å²) < 4.78 is 0. The van der Waals surface area contributed by atoms with Gasteiger partial charge in [-0.15, -0.1) is 0 Å². The number of rotatable bonds is 2. The highest BCUT2D eigenvalue weighted by Crippen LogP contribution is 2.34. The molecule has 1 amide bonds. The van der Waals surface area contributed by atoms with Crippen molar-refractivity contribution in [2.45, 2.75) is 19.3 Å². The maximum Gasteiger partial charge on any atom is 0.407 e. The lowest BCUT2D eigenvalue weighted by atomic mass is 9.89. The number of hydrogen-bond acceptors (Lipinski definition) is 3. The molecule has 0 spiro atoms. The highest BCUT2D eigenvalue weighted by atomic mass is 16.4. The van der Waals surface area contributed by atoms with Crippen LogP contribution in [0.2, 0.25) is 0 Å². The molecule has 15 heavy (non-hydrogen) atoms. The first-order chi connectivity index (χ1) is 7.09. The van der Waals surface area contributed by atoms with Crippen molar-refractivity contribution in [1.82, 2.24) is 4.90 Å². The van der Waals surface area contributed by atoms with Crippen LogP contribution < -0.4 is 0 Å². The minimum Gasteiger partial charge on any atom is -0.465 e. The second-order valence-electron chi connectivity index (χ2n) is 4.19. The number of carbonyl (C=O) groups is 3. The number of Topliss-reactive ketones (excluding diaryl/α,β-unsaturated/α-hetero) is 2. The quantitative estimate of drug-likeness (QED) is 0.676. The van der Waals surface area contributed by atoms with Crippen molar-refractivity contribution in [3.05, 3.63) is 0 Å². The van der Waals surface area contributed by atoms with Crippen molar-refractivity contribution < 1.29 is 19.5 Å². The fourth-order valence-corrected chi connectivity index (χ4v) is 1.94. The Bertz CT molecular complexity index is 321. The van der Waals surface area contributed by atoms with Gasteiger partial charge in [-0.25, -0.2) is 4.79 Å². The average Bonchev–Trinajstić information content (AvgIpc) is 2.99. The van der Waals surface area contributed by atoms with E-state index in [0.29, 0.717) is 13.0 Å². The van der Waals surface area contributed by atoms with Crippen LogP contribution in [0.4, 0.5) is 4.79 Å². The zero-order chi connectivity index (χ0) is 11.0. The van der Waals surface area contributed by atoms with Gasteiger partial charge in [0.15, 0.2) is 5.78 Å². The molecule has 0 aromatic rings. The molecular formula is C10H13NO4. The molecule has 1 saturated carbocycles. The first-order valence-corrected chi connectivity index (χ1v) is 5.14. The van der Waals surface area contributed by atoms with E-state index in [1.165, 1.54) is 0 Å². The highest BCUT2D eigenvalue weighted by molar-refractivity contribution is 6.06. The van der Waals surface area contributed by atoms with Crippen molar-refractivity contribution in [1.29, 1.82) is 0 Å². The molecule has 2 rings (SSSR count). The van der Waals surface area contributed by atoms with Crippen LogP contribution in [0.1, 0.15) is 19.3 Å².